The first-order valence-electron chi connectivity index (χ1n) is 9.29. The largest absolute Gasteiger partial charge is 0.329 e. The minimum atomic E-state index is 0.121. The van der Waals surface area contributed by atoms with Crippen LogP contribution in [-0.2, 0) is 17.9 Å². The van der Waals surface area contributed by atoms with Gasteiger partial charge in [0.15, 0.2) is 0 Å². The Hall–Kier alpha value is -3.43. The Morgan fingerprint density at radius 1 is 1.00 bits per heavy atom. The maximum absolute atomic E-state index is 12.6. The topological polar surface area (TPSA) is 65.2 Å². The summed E-state index contributed by atoms with van der Waals surface area (Å²) < 4.78 is 2.09. The van der Waals surface area contributed by atoms with Crippen molar-refractivity contribution in [3.8, 4) is 6.07 Å². The Labute approximate surface area is 164 Å². The highest BCUT2D eigenvalue weighted by Crippen LogP contribution is 2.18. The van der Waals surface area contributed by atoms with Crippen LogP contribution in [0, 0.1) is 11.3 Å². The predicted octanol–water partition coefficient (Wildman–Crippen LogP) is 2.65. The van der Waals surface area contributed by atoms with Gasteiger partial charge in [-0.3, -0.25) is 9.69 Å². The number of carbonyl (C=O) groups excluding carboxylic acids is 1. The van der Waals surface area contributed by atoms with Crippen LogP contribution in [0.2, 0.25) is 0 Å². The van der Waals surface area contributed by atoms with Crippen molar-refractivity contribution in [3.63, 3.8) is 0 Å². The Kier molecular flexibility index (Phi) is 5.18. The Morgan fingerprint density at radius 2 is 1.79 bits per heavy atom. The van der Waals surface area contributed by atoms with E-state index in [2.05, 4.69) is 20.5 Å². The van der Waals surface area contributed by atoms with E-state index in [1.54, 1.807) is 0 Å². The number of piperazine rings is 1. The molecule has 28 heavy (non-hydrogen) atoms. The van der Waals surface area contributed by atoms with E-state index >= 15 is 0 Å². The number of carbonyl (C=O) groups is 1. The van der Waals surface area contributed by atoms with Gasteiger partial charge in [-0.2, -0.15) is 5.26 Å². The third-order valence-electron chi connectivity index (χ3n) is 4.99. The zero-order chi connectivity index (χ0) is 19.3. The summed E-state index contributed by atoms with van der Waals surface area (Å²) in [6.07, 6.45) is 3.67. The first-order valence-corrected chi connectivity index (χ1v) is 9.29. The fourth-order valence-corrected chi connectivity index (χ4v) is 3.47. The van der Waals surface area contributed by atoms with Gasteiger partial charge in [-0.05, 0) is 29.8 Å². The van der Waals surface area contributed by atoms with E-state index in [0.29, 0.717) is 31.7 Å². The van der Waals surface area contributed by atoms with Gasteiger partial charge < -0.3 is 9.47 Å². The van der Waals surface area contributed by atoms with Crippen molar-refractivity contribution in [1.82, 2.24) is 14.5 Å². The van der Waals surface area contributed by atoms with Crippen LogP contribution in [0.3, 0.4) is 0 Å². The van der Waals surface area contributed by atoms with E-state index in [9.17, 15) is 4.79 Å². The van der Waals surface area contributed by atoms with Crippen molar-refractivity contribution in [1.29, 1.82) is 5.26 Å². The van der Waals surface area contributed by atoms with Gasteiger partial charge in [-0.15, -0.1) is 0 Å². The number of hydrogen-bond donors (Lipinski definition) is 0. The van der Waals surface area contributed by atoms with Crippen LogP contribution in [0.5, 0.6) is 0 Å². The molecule has 0 atom stereocenters. The van der Waals surface area contributed by atoms with Crippen molar-refractivity contribution < 1.29 is 4.79 Å². The second kappa shape index (κ2) is 8.07. The van der Waals surface area contributed by atoms with Crippen LogP contribution in [0.4, 0.5) is 5.69 Å². The summed E-state index contributed by atoms with van der Waals surface area (Å²) in [5.74, 6) is 0.121. The standard InChI is InChI=1S/C22H21N5O/c23-12-18-6-8-19(9-7-18)14-26-17-24-13-21(26)15-25-10-11-27(22(28)16-25)20-4-2-1-3-5-20/h1-9,13,17H,10-11,14-16H2. The van der Waals surface area contributed by atoms with Crippen molar-refractivity contribution in [2.75, 3.05) is 24.5 Å². The Morgan fingerprint density at radius 3 is 2.50 bits per heavy atom. The maximum atomic E-state index is 12.6. The number of nitrogens with zero attached hydrogens (tertiary/aromatic N) is 5. The molecular weight excluding hydrogens is 350 g/mol. The Bertz CT molecular complexity index is 988. The highest BCUT2D eigenvalue weighted by Gasteiger charge is 2.25. The Balaban J connectivity index is 1.40. The van der Waals surface area contributed by atoms with E-state index in [-0.39, 0.29) is 5.91 Å². The number of imidazole rings is 1. The molecule has 2 heterocycles. The molecule has 1 saturated heterocycles. The van der Waals surface area contributed by atoms with Crippen LogP contribution in [0.25, 0.3) is 0 Å². The van der Waals surface area contributed by atoms with E-state index in [4.69, 9.17) is 5.26 Å². The highest BCUT2D eigenvalue weighted by atomic mass is 16.2. The molecule has 0 saturated carbocycles. The molecule has 0 spiro atoms. The summed E-state index contributed by atoms with van der Waals surface area (Å²) >= 11 is 0. The van der Waals surface area contributed by atoms with E-state index in [0.717, 1.165) is 23.5 Å². The molecule has 6 nitrogen and oxygen atoms in total. The zero-order valence-electron chi connectivity index (χ0n) is 15.5. The molecule has 0 unspecified atom stereocenters. The van der Waals surface area contributed by atoms with Gasteiger partial charge >= 0.3 is 0 Å². The van der Waals surface area contributed by atoms with Crippen molar-refractivity contribution >= 4 is 11.6 Å². The molecule has 0 aliphatic carbocycles. The van der Waals surface area contributed by atoms with Gasteiger partial charge in [-0.1, -0.05) is 30.3 Å². The minimum absolute atomic E-state index is 0.121. The van der Waals surface area contributed by atoms with Gasteiger partial charge in [0.2, 0.25) is 5.91 Å². The van der Waals surface area contributed by atoms with Crippen molar-refractivity contribution in [3.05, 3.63) is 83.9 Å². The van der Waals surface area contributed by atoms with Gasteiger partial charge in [0.25, 0.3) is 0 Å². The molecule has 1 aliphatic rings. The minimum Gasteiger partial charge on any atom is -0.329 e. The number of nitriles is 1. The second-order valence-corrected chi connectivity index (χ2v) is 6.91. The number of hydrogen-bond acceptors (Lipinski definition) is 4. The lowest BCUT2D eigenvalue weighted by Gasteiger charge is -2.34. The predicted molar refractivity (Wildman–Crippen MR) is 107 cm³/mol. The molecule has 1 amide bonds. The summed E-state index contributed by atoms with van der Waals surface area (Å²) in [5.41, 5.74) is 3.80. The SMILES string of the molecule is N#Cc1ccc(Cn2cncc2CN2CCN(c3ccccc3)C(=O)C2)cc1. The van der Waals surface area contributed by atoms with E-state index in [1.807, 2.05) is 72.0 Å². The van der Waals surface area contributed by atoms with Crippen molar-refractivity contribution in [2.24, 2.45) is 0 Å². The number of anilines is 1. The first-order chi connectivity index (χ1) is 13.7. The lowest BCUT2D eigenvalue weighted by Crippen LogP contribution is -2.50. The normalized spacial score (nSPS) is 14.8. The first kappa shape index (κ1) is 18.0. The summed E-state index contributed by atoms with van der Waals surface area (Å²) in [5, 5.41) is 8.92. The zero-order valence-corrected chi connectivity index (χ0v) is 15.5. The third kappa shape index (κ3) is 3.95. The smallest absolute Gasteiger partial charge is 0.241 e. The van der Waals surface area contributed by atoms with Gasteiger partial charge in [0, 0.05) is 38.1 Å². The molecule has 4 rings (SSSR count). The maximum Gasteiger partial charge on any atom is 0.241 e. The molecule has 0 bridgehead atoms. The summed E-state index contributed by atoms with van der Waals surface area (Å²) in [4.78, 5) is 20.9. The number of rotatable bonds is 5. The monoisotopic (exact) mass is 371 g/mol. The lowest BCUT2D eigenvalue weighted by atomic mass is 10.1. The van der Waals surface area contributed by atoms with E-state index in [1.165, 1.54) is 0 Å². The van der Waals surface area contributed by atoms with Crippen LogP contribution < -0.4 is 4.90 Å². The van der Waals surface area contributed by atoms with Crippen LogP contribution in [0.15, 0.2) is 67.1 Å². The van der Waals surface area contributed by atoms with Crippen molar-refractivity contribution in [2.45, 2.75) is 13.1 Å². The molecule has 1 aromatic heterocycles. The summed E-state index contributed by atoms with van der Waals surface area (Å²) in [6, 6.07) is 19.5. The molecule has 0 radical (unpaired) electrons. The average Bonchev–Trinajstić information content (AvgIpc) is 3.16. The third-order valence-corrected chi connectivity index (χ3v) is 4.99. The fraction of sp³-hybridized carbons (Fsp3) is 0.227. The molecule has 1 fully saturated rings. The van der Waals surface area contributed by atoms with Crippen LogP contribution >= 0.6 is 0 Å². The average molecular weight is 371 g/mol. The highest BCUT2D eigenvalue weighted by molar-refractivity contribution is 5.95. The van der Waals surface area contributed by atoms with Crippen LogP contribution in [-0.4, -0.2) is 40.0 Å². The lowest BCUT2D eigenvalue weighted by molar-refractivity contribution is -0.121. The molecule has 2 aromatic carbocycles. The number of para-hydroxylation sites is 1. The molecule has 1 aliphatic heterocycles. The quantitative estimate of drug-likeness (QED) is 0.692. The van der Waals surface area contributed by atoms with Gasteiger partial charge in [-0.25, -0.2) is 4.98 Å². The van der Waals surface area contributed by atoms with Crippen LogP contribution in [0.1, 0.15) is 16.8 Å². The van der Waals surface area contributed by atoms with Gasteiger partial charge in [0.1, 0.15) is 0 Å². The van der Waals surface area contributed by atoms with Gasteiger partial charge in [0.05, 0.1) is 30.2 Å². The van der Waals surface area contributed by atoms with E-state index < -0.39 is 0 Å². The second-order valence-electron chi connectivity index (χ2n) is 6.91. The molecule has 140 valence electrons. The molecule has 6 heteroatoms. The fourth-order valence-electron chi connectivity index (χ4n) is 3.47. The number of benzene rings is 2. The molecular formula is C22H21N5O. The molecule has 3 aromatic rings. The number of amides is 1. The molecule has 0 N–H and O–H groups in total. The number of aromatic nitrogens is 2. The summed E-state index contributed by atoms with van der Waals surface area (Å²) in [6.45, 7) is 3.29. The summed E-state index contributed by atoms with van der Waals surface area (Å²) in [7, 11) is 0.